The molecule has 0 spiro atoms. The number of aryl methyl sites for hydroxylation is 2. The maximum absolute atomic E-state index is 12.1. The van der Waals surface area contributed by atoms with Gasteiger partial charge in [-0.3, -0.25) is 0 Å². The zero-order valence-electron chi connectivity index (χ0n) is 11.5. The number of sulfonamides is 1. The highest BCUT2D eigenvalue weighted by atomic mass is 32.2. The van der Waals surface area contributed by atoms with Crippen molar-refractivity contribution >= 4 is 10.0 Å². The molecular weight excluding hydrogens is 264 g/mol. The Balaban J connectivity index is 1.93. The van der Waals surface area contributed by atoms with E-state index in [4.69, 9.17) is 0 Å². The number of nitrogens with one attached hydrogen (secondary N) is 2. The molecular formula is C12H22N4O2S. The molecule has 1 unspecified atom stereocenters. The molecule has 1 fully saturated rings. The van der Waals surface area contributed by atoms with Crippen LogP contribution >= 0.6 is 0 Å². The van der Waals surface area contributed by atoms with E-state index < -0.39 is 10.0 Å². The van der Waals surface area contributed by atoms with Gasteiger partial charge in [0.1, 0.15) is 5.82 Å². The molecule has 1 aliphatic rings. The fourth-order valence-electron chi connectivity index (χ4n) is 2.37. The Morgan fingerprint density at radius 1 is 1.58 bits per heavy atom. The maximum Gasteiger partial charge on any atom is 0.259 e. The molecule has 1 atom stereocenters. The SMILES string of the molecule is CCn1cc(S(=O)(=O)NCCC2CCCN2)nc1C. The van der Waals surface area contributed by atoms with Gasteiger partial charge in [-0.1, -0.05) is 0 Å². The zero-order chi connectivity index (χ0) is 13.9. The van der Waals surface area contributed by atoms with E-state index in [1.54, 1.807) is 6.20 Å². The first kappa shape index (κ1) is 14.5. The quantitative estimate of drug-likeness (QED) is 0.804. The number of imidazole rings is 1. The molecule has 1 aliphatic heterocycles. The predicted octanol–water partition coefficient (Wildman–Crippen LogP) is 0.632. The van der Waals surface area contributed by atoms with Crippen LogP contribution in [-0.2, 0) is 16.6 Å². The minimum atomic E-state index is -3.47. The van der Waals surface area contributed by atoms with Crippen LogP contribution in [0.25, 0.3) is 0 Å². The lowest BCUT2D eigenvalue weighted by Crippen LogP contribution is -2.30. The Morgan fingerprint density at radius 2 is 2.37 bits per heavy atom. The summed E-state index contributed by atoms with van der Waals surface area (Å²) in [5.74, 6) is 0.723. The number of nitrogens with zero attached hydrogens (tertiary/aromatic N) is 2. The van der Waals surface area contributed by atoms with E-state index in [0.717, 1.165) is 31.8 Å². The van der Waals surface area contributed by atoms with Crippen molar-refractivity contribution < 1.29 is 8.42 Å². The normalized spacial score (nSPS) is 20.0. The number of hydrogen-bond acceptors (Lipinski definition) is 4. The molecule has 2 rings (SSSR count). The van der Waals surface area contributed by atoms with E-state index in [9.17, 15) is 8.42 Å². The van der Waals surface area contributed by atoms with Crippen molar-refractivity contribution in [2.24, 2.45) is 0 Å². The highest BCUT2D eigenvalue weighted by Gasteiger charge is 2.20. The molecule has 0 amide bonds. The van der Waals surface area contributed by atoms with Crippen molar-refractivity contribution in [1.29, 1.82) is 0 Å². The average molecular weight is 286 g/mol. The Labute approximate surface area is 114 Å². The standard InChI is InChI=1S/C12H22N4O2S/c1-3-16-9-12(15-10(16)2)19(17,18)14-8-6-11-5-4-7-13-11/h9,11,13-14H,3-8H2,1-2H3. The van der Waals surface area contributed by atoms with Crippen LogP contribution in [0.4, 0.5) is 0 Å². The van der Waals surface area contributed by atoms with Gasteiger partial charge in [-0.05, 0) is 39.7 Å². The first-order valence-corrected chi connectivity index (χ1v) is 8.28. The summed E-state index contributed by atoms with van der Waals surface area (Å²) in [6, 6.07) is 0.442. The van der Waals surface area contributed by atoms with Gasteiger partial charge >= 0.3 is 0 Å². The van der Waals surface area contributed by atoms with Crippen LogP contribution in [0.1, 0.15) is 32.0 Å². The van der Waals surface area contributed by atoms with Gasteiger partial charge in [0.15, 0.2) is 5.03 Å². The van der Waals surface area contributed by atoms with Crippen molar-refractivity contribution in [3.8, 4) is 0 Å². The van der Waals surface area contributed by atoms with Crippen LogP contribution in [-0.4, -0.2) is 37.1 Å². The van der Waals surface area contributed by atoms with E-state index in [1.807, 2.05) is 18.4 Å². The third kappa shape index (κ3) is 3.55. The lowest BCUT2D eigenvalue weighted by molar-refractivity contribution is 0.538. The predicted molar refractivity (Wildman–Crippen MR) is 73.5 cm³/mol. The molecule has 108 valence electrons. The first-order chi connectivity index (χ1) is 9.03. The second-order valence-corrected chi connectivity index (χ2v) is 6.61. The van der Waals surface area contributed by atoms with Gasteiger partial charge in [-0.15, -0.1) is 0 Å². The molecule has 2 heterocycles. The van der Waals surface area contributed by atoms with E-state index in [1.165, 1.54) is 6.42 Å². The summed E-state index contributed by atoms with van der Waals surface area (Å²) < 4.78 is 28.6. The molecule has 6 nitrogen and oxygen atoms in total. The summed E-state index contributed by atoms with van der Waals surface area (Å²) >= 11 is 0. The van der Waals surface area contributed by atoms with E-state index in [2.05, 4.69) is 15.0 Å². The van der Waals surface area contributed by atoms with Gasteiger partial charge in [0, 0.05) is 25.3 Å². The smallest absolute Gasteiger partial charge is 0.259 e. The largest absolute Gasteiger partial charge is 0.334 e. The number of hydrogen-bond donors (Lipinski definition) is 2. The molecule has 0 bridgehead atoms. The van der Waals surface area contributed by atoms with Gasteiger partial charge in [0.05, 0.1) is 0 Å². The fraction of sp³-hybridized carbons (Fsp3) is 0.750. The summed E-state index contributed by atoms with van der Waals surface area (Å²) in [4.78, 5) is 4.10. The molecule has 0 radical (unpaired) electrons. The minimum Gasteiger partial charge on any atom is -0.334 e. The molecule has 7 heteroatoms. The van der Waals surface area contributed by atoms with Crippen LogP contribution < -0.4 is 10.0 Å². The lowest BCUT2D eigenvalue weighted by Gasteiger charge is -2.10. The third-order valence-electron chi connectivity index (χ3n) is 3.52. The topological polar surface area (TPSA) is 76.0 Å². The Morgan fingerprint density at radius 3 is 2.95 bits per heavy atom. The summed E-state index contributed by atoms with van der Waals surface area (Å²) in [6.45, 7) is 5.99. The fourth-order valence-corrected chi connectivity index (χ4v) is 3.43. The molecule has 1 saturated heterocycles. The van der Waals surface area contributed by atoms with Crippen LogP contribution in [0.5, 0.6) is 0 Å². The highest BCUT2D eigenvalue weighted by molar-refractivity contribution is 7.89. The highest BCUT2D eigenvalue weighted by Crippen LogP contribution is 2.11. The van der Waals surface area contributed by atoms with Crippen LogP contribution in [0.2, 0.25) is 0 Å². The van der Waals surface area contributed by atoms with E-state index in [0.29, 0.717) is 12.6 Å². The molecule has 1 aromatic rings. The van der Waals surface area contributed by atoms with Crippen LogP contribution in [0, 0.1) is 6.92 Å². The van der Waals surface area contributed by atoms with Gasteiger partial charge in [0.2, 0.25) is 0 Å². The Hall–Kier alpha value is -0.920. The van der Waals surface area contributed by atoms with Gasteiger partial charge < -0.3 is 9.88 Å². The Kier molecular flexibility index (Phi) is 4.59. The van der Waals surface area contributed by atoms with Crippen molar-refractivity contribution in [3.05, 3.63) is 12.0 Å². The van der Waals surface area contributed by atoms with Crippen molar-refractivity contribution in [1.82, 2.24) is 19.6 Å². The average Bonchev–Trinajstić information content (AvgIpc) is 2.98. The summed E-state index contributed by atoms with van der Waals surface area (Å²) in [5.41, 5.74) is 0. The summed E-state index contributed by atoms with van der Waals surface area (Å²) in [5, 5.41) is 3.47. The van der Waals surface area contributed by atoms with E-state index in [-0.39, 0.29) is 5.03 Å². The van der Waals surface area contributed by atoms with Gasteiger partial charge in [-0.25, -0.2) is 18.1 Å². The minimum absolute atomic E-state index is 0.117. The maximum atomic E-state index is 12.1. The third-order valence-corrected chi connectivity index (χ3v) is 4.85. The molecule has 2 N–H and O–H groups in total. The molecule has 0 saturated carbocycles. The monoisotopic (exact) mass is 286 g/mol. The van der Waals surface area contributed by atoms with Crippen molar-refractivity contribution in [2.75, 3.05) is 13.1 Å². The molecule has 1 aromatic heterocycles. The van der Waals surface area contributed by atoms with Gasteiger partial charge in [-0.2, -0.15) is 0 Å². The second kappa shape index (κ2) is 6.02. The van der Waals surface area contributed by atoms with Crippen LogP contribution in [0.15, 0.2) is 11.2 Å². The summed E-state index contributed by atoms with van der Waals surface area (Å²) in [6.07, 6.45) is 4.72. The zero-order valence-corrected chi connectivity index (χ0v) is 12.3. The molecule has 0 aromatic carbocycles. The van der Waals surface area contributed by atoms with Crippen molar-refractivity contribution in [3.63, 3.8) is 0 Å². The Bertz CT molecular complexity index is 518. The second-order valence-electron chi connectivity index (χ2n) is 4.89. The first-order valence-electron chi connectivity index (χ1n) is 6.79. The lowest BCUT2D eigenvalue weighted by atomic mass is 10.2. The van der Waals surface area contributed by atoms with Gasteiger partial charge in [0.25, 0.3) is 10.0 Å². The van der Waals surface area contributed by atoms with Crippen LogP contribution in [0.3, 0.4) is 0 Å². The number of rotatable bonds is 6. The van der Waals surface area contributed by atoms with E-state index >= 15 is 0 Å². The molecule has 19 heavy (non-hydrogen) atoms. The number of aromatic nitrogens is 2. The van der Waals surface area contributed by atoms with Crippen molar-refractivity contribution in [2.45, 2.75) is 50.7 Å². The molecule has 0 aliphatic carbocycles. The summed E-state index contributed by atoms with van der Waals surface area (Å²) in [7, 11) is -3.47.